The quantitative estimate of drug-likeness (QED) is 0.882. The summed E-state index contributed by atoms with van der Waals surface area (Å²) in [6.45, 7) is 1.82. The van der Waals surface area contributed by atoms with Gasteiger partial charge in [0, 0.05) is 12.6 Å². The van der Waals surface area contributed by atoms with Gasteiger partial charge in [-0.2, -0.15) is 5.10 Å². The number of anilines is 2. The number of hydrazone groups is 1. The fourth-order valence-electron chi connectivity index (χ4n) is 2.50. The van der Waals surface area contributed by atoms with Crippen LogP contribution in [0.15, 0.2) is 47.7 Å². The van der Waals surface area contributed by atoms with Crippen LogP contribution in [0.1, 0.15) is 12.0 Å². The van der Waals surface area contributed by atoms with Crippen LogP contribution >= 0.6 is 0 Å². The van der Waals surface area contributed by atoms with Gasteiger partial charge in [-0.25, -0.2) is 9.37 Å². The maximum absolute atomic E-state index is 13.1. The van der Waals surface area contributed by atoms with Gasteiger partial charge in [0.1, 0.15) is 23.4 Å². The molecule has 1 aliphatic rings. The van der Waals surface area contributed by atoms with Crippen LogP contribution in [0.25, 0.3) is 0 Å². The molecule has 0 radical (unpaired) electrons. The third kappa shape index (κ3) is 3.47. The summed E-state index contributed by atoms with van der Waals surface area (Å²) in [5.74, 6) is -1.07. The van der Waals surface area contributed by atoms with Crippen molar-refractivity contribution >= 4 is 29.0 Å². The van der Waals surface area contributed by atoms with Crippen molar-refractivity contribution in [3.63, 3.8) is 0 Å². The van der Waals surface area contributed by atoms with Gasteiger partial charge in [-0.3, -0.25) is 14.6 Å². The van der Waals surface area contributed by atoms with E-state index in [1.165, 1.54) is 29.3 Å². The molecule has 7 nitrogen and oxygen atoms in total. The average Bonchev–Trinajstić information content (AvgIpc) is 3.03. The summed E-state index contributed by atoms with van der Waals surface area (Å²) in [4.78, 5) is 28.3. The number of nitrogens with one attached hydrogen (secondary N) is 1. The van der Waals surface area contributed by atoms with E-state index in [1.807, 2.05) is 13.0 Å². The van der Waals surface area contributed by atoms with E-state index >= 15 is 0 Å². The van der Waals surface area contributed by atoms with Crippen molar-refractivity contribution in [1.82, 2.24) is 4.98 Å². The van der Waals surface area contributed by atoms with E-state index in [9.17, 15) is 14.0 Å². The van der Waals surface area contributed by atoms with Gasteiger partial charge in [-0.05, 0) is 42.8 Å². The second kappa shape index (κ2) is 6.68. The number of benzene rings is 1. The molecule has 2 heterocycles. The van der Waals surface area contributed by atoms with Crippen molar-refractivity contribution in [2.24, 2.45) is 10.8 Å². The van der Waals surface area contributed by atoms with Crippen LogP contribution in [-0.4, -0.2) is 28.6 Å². The molecule has 0 fully saturated rings. The van der Waals surface area contributed by atoms with Gasteiger partial charge in [0.05, 0.1) is 5.69 Å². The summed E-state index contributed by atoms with van der Waals surface area (Å²) in [6, 6.07) is 8.21. The number of pyridine rings is 1. The van der Waals surface area contributed by atoms with Crippen molar-refractivity contribution in [3.8, 4) is 0 Å². The van der Waals surface area contributed by atoms with Crippen LogP contribution in [0.5, 0.6) is 0 Å². The molecule has 2 amide bonds. The first-order chi connectivity index (χ1) is 12.0. The largest absolute Gasteiger partial charge is 0.368 e. The van der Waals surface area contributed by atoms with Crippen LogP contribution in [0, 0.1) is 12.7 Å². The number of hydrogen-bond donors (Lipinski definition) is 2. The minimum absolute atomic E-state index is 0.0599. The molecule has 128 valence electrons. The molecule has 1 aromatic carbocycles. The normalized spacial score (nSPS) is 16.5. The lowest BCUT2D eigenvalue weighted by Crippen LogP contribution is -2.39. The Labute approximate surface area is 143 Å². The zero-order valence-corrected chi connectivity index (χ0v) is 13.4. The summed E-state index contributed by atoms with van der Waals surface area (Å²) in [7, 11) is 0. The van der Waals surface area contributed by atoms with Gasteiger partial charge in [-0.1, -0.05) is 6.07 Å². The van der Waals surface area contributed by atoms with Gasteiger partial charge in [-0.15, -0.1) is 0 Å². The fraction of sp³-hybridized carbons (Fsp3) is 0.176. The highest BCUT2D eigenvalue weighted by Crippen LogP contribution is 2.25. The van der Waals surface area contributed by atoms with Crippen molar-refractivity contribution in [1.29, 1.82) is 0 Å². The number of hydrogen-bond acceptors (Lipinski definition) is 5. The minimum Gasteiger partial charge on any atom is -0.368 e. The Balaban J connectivity index is 1.85. The molecule has 1 aromatic heterocycles. The SMILES string of the molecule is Cc1cccnc1NC(=O)C1=NN(c2ccc(F)cc2)C(C(N)=O)C1. The summed E-state index contributed by atoms with van der Waals surface area (Å²) in [5, 5.41) is 8.21. The second-order valence-electron chi connectivity index (χ2n) is 5.61. The number of rotatable bonds is 4. The highest BCUT2D eigenvalue weighted by molar-refractivity contribution is 6.44. The van der Waals surface area contributed by atoms with Crippen molar-refractivity contribution in [3.05, 3.63) is 54.0 Å². The Morgan fingerprint density at radius 1 is 1.28 bits per heavy atom. The Kier molecular flexibility index (Phi) is 4.42. The predicted octanol–water partition coefficient (Wildman–Crippen LogP) is 1.59. The zero-order chi connectivity index (χ0) is 18.0. The first-order valence-corrected chi connectivity index (χ1v) is 7.60. The van der Waals surface area contributed by atoms with Crippen LogP contribution in [0.3, 0.4) is 0 Å². The predicted molar refractivity (Wildman–Crippen MR) is 91.5 cm³/mol. The van der Waals surface area contributed by atoms with Crippen molar-refractivity contribution < 1.29 is 14.0 Å². The van der Waals surface area contributed by atoms with Gasteiger partial charge in [0.15, 0.2) is 0 Å². The Morgan fingerprint density at radius 3 is 2.64 bits per heavy atom. The summed E-state index contributed by atoms with van der Waals surface area (Å²) in [6.07, 6.45) is 1.63. The van der Waals surface area contributed by atoms with E-state index in [0.717, 1.165) is 5.56 Å². The highest BCUT2D eigenvalue weighted by atomic mass is 19.1. The number of carbonyl (C=O) groups is 2. The molecule has 25 heavy (non-hydrogen) atoms. The van der Waals surface area contributed by atoms with Crippen molar-refractivity contribution in [2.75, 3.05) is 10.3 Å². The molecule has 0 aliphatic carbocycles. The minimum atomic E-state index is -0.809. The van der Waals surface area contributed by atoms with Crippen molar-refractivity contribution in [2.45, 2.75) is 19.4 Å². The second-order valence-corrected chi connectivity index (χ2v) is 5.61. The molecule has 8 heteroatoms. The number of aryl methyl sites for hydroxylation is 1. The number of nitrogens with zero attached hydrogens (tertiary/aromatic N) is 3. The number of amides is 2. The molecular weight excluding hydrogens is 325 g/mol. The van der Waals surface area contributed by atoms with E-state index in [2.05, 4.69) is 15.4 Å². The number of carbonyl (C=O) groups excluding carboxylic acids is 2. The Hall–Kier alpha value is -3.29. The fourth-order valence-corrected chi connectivity index (χ4v) is 2.50. The third-order valence-corrected chi connectivity index (χ3v) is 3.83. The summed E-state index contributed by atoms with van der Waals surface area (Å²) >= 11 is 0. The number of nitrogens with two attached hydrogens (primary N) is 1. The summed E-state index contributed by atoms with van der Waals surface area (Å²) < 4.78 is 13.1. The van der Waals surface area contributed by atoms with Crippen LogP contribution in [0.4, 0.5) is 15.9 Å². The molecule has 0 bridgehead atoms. The molecule has 2 aromatic rings. The van der Waals surface area contributed by atoms with E-state index in [4.69, 9.17) is 5.73 Å². The molecule has 1 aliphatic heterocycles. The highest BCUT2D eigenvalue weighted by Gasteiger charge is 2.35. The monoisotopic (exact) mass is 341 g/mol. The lowest BCUT2D eigenvalue weighted by molar-refractivity contribution is -0.119. The Bertz CT molecular complexity index is 850. The first-order valence-electron chi connectivity index (χ1n) is 7.60. The first kappa shape index (κ1) is 16.6. The smallest absolute Gasteiger partial charge is 0.273 e. The standard InChI is InChI=1S/C17H16FN5O2/c1-10-3-2-8-20-16(10)21-17(25)13-9-14(15(19)24)23(22-13)12-6-4-11(18)5-7-12/h2-8,14H,9H2,1H3,(H2,19,24)(H,20,21,25). The molecule has 0 spiro atoms. The van der Waals surface area contributed by atoms with Crippen LogP contribution in [-0.2, 0) is 9.59 Å². The van der Waals surface area contributed by atoms with E-state index in [-0.39, 0.29) is 12.1 Å². The molecular formula is C17H16FN5O2. The number of halogens is 1. The summed E-state index contributed by atoms with van der Waals surface area (Å²) in [5.41, 5.74) is 6.85. The molecule has 1 unspecified atom stereocenters. The van der Waals surface area contributed by atoms with E-state index in [1.54, 1.807) is 12.3 Å². The lowest BCUT2D eigenvalue weighted by Gasteiger charge is -2.20. The Morgan fingerprint density at radius 2 is 2.00 bits per heavy atom. The molecule has 1 atom stereocenters. The average molecular weight is 341 g/mol. The van der Waals surface area contributed by atoms with Gasteiger partial charge < -0.3 is 11.1 Å². The van der Waals surface area contributed by atoms with Crippen LogP contribution < -0.4 is 16.1 Å². The molecule has 3 rings (SSSR count). The van der Waals surface area contributed by atoms with Crippen LogP contribution in [0.2, 0.25) is 0 Å². The topological polar surface area (TPSA) is 101 Å². The van der Waals surface area contributed by atoms with Gasteiger partial charge in [0.25, 0.3) is 5.91 Å². The third-order valence-electron chi connectivity index (χ3n) is 3.83. The molecule has 0 saturated heterocycles. The lowest BCUT2D eigenvalue weighted by atomic mass is 10.1. The maximum atomic E-state index is 13.1. The number of aromatic nitrogens is 1. The molecule has 3 N–H and O–H groups in total. The van der Waals surface area contributed by atoms with Gasteiger partial charge in [0.2, 0.25) is 5.91 Å². The maximum Gasteiger partial charge on any atom is 0.273 e. The number of primary amides is 1. The van der Waals surface area contributed by atoms with Gasteiger partial charge >= 0.3 is 0 Å². The molecule has 0 saturated carbocycles. The zero-order valence-electron chi connectivity index (χ0n) is 13.4. The van der Waals surface area contributed by atoms with E-state index < -0.39 is 23.7 Å². The van der Waals surface area contributed by atoms with E-state index in [0.29, 0.717) is 11.5 Å².